The summed E-state index contributed by atoms with van der Waals surface area (Å²) >= 11 is 0. The number of hydrogen-bond donors (Lipinski definition) is 0. The fourth-order valence-corrected chi connectivity index (χ4v) is 4.31. The summed E-state index contributed by atoms with van der Waals surface area (Å²) in [7, 11) is -2.91. The third-order valence-electron chi connectivity index (χ3n) is 4.10. The van der Waals surface area contributed by atoms with E-state index in [9.17, 15) is 8.42 Å². The van der Waals surface area contributed by atoms with Gasteiger partial charge >= 0.3 is 0 Å². The number of sulfone groups is 1. The standard InChI is InChI=1S/C17H22N2O3S/c1-23(20,21)13-14-6-5-9-19(10-14)11-16-12-22-17(18-16)15-7-3-2-4-8-15/h2-4,7-8,12,14H,5-6,9-11,13H2,1H3/t14-/m1/s1. The van der Waals surface area contributed by atoms with Crippen LogP contribution in [0.1, 0.15) is 18.5 Å². The Balaban J connectivity index is 1.62. The number of likely N-dealkylation sites (tertiary alicyclic amines) is 1. The second-order valence-corrected chi connectivity index (χ2v) is 8.53. The Labute approximate surface area is 137 Å². The zero-order chi connectivity index (χ0) is 16.3. The van der Waals surface area contributed by atoms with Gasteiger partial charge in [-0.25, -0.2) is 13.4 Å². The molecular weight excluding hydrogens is 312 g/mol. The smallest absolute Gasteiger partial charge is 0.226 e. The second kappa shape index (κ2) is 6.84. The normalized spacial score (nSPS) is 19.8. The van der Waals surface area contributed by atoms with Crippen LogP contribution in [0.4, 0.5) is 0 Å². The molecule has 6 heteroatoms. The van der Waals surface area contributed by atoms with Gasteiger partial charge in [0.25, 0.3) is 0 Å². The van der Waals surface area contributed by atoms with Crippen molar-refractivity contribution in [3.63, 3.8) is 0 Å². The predicted molar refractivity (Wildman–Crippen MR) is 89.7 cm³/mol. The number of rotatable bonds is 5. The summed E-state index contributed by atoms with van der Waals surface area (Å²) in [5, 5.41) is 0. The molecule has 23 heavy (non-hydrogen) atoms. The molecule has 1 aromatic carbocycles. The number of oxazole rings is 1. The van der Waals surface area contributed by atoms with Crippen LogP contribution < -0.4 is 0 Å². The third kappa shape index (κ3) is 4.65. The van der Waals surface area contributed by atoms with Crippen LogP contribution in [0, 0.1) is 5.92 Å². The second-order valence-electron chi connectivity index (χ2n) is 6.35. The molecule has 2 aromatic rings. The summed E-state index contributed by atoms with van der Waals surface area (Å²) in [6.07, 6.45) is 5.03. The summed E-state index contributed by atoms with van der Waals surface area (Å²) in [6.45, 7) is 2.49. The molecule has 1 saturated heterocycles. The molecule has 1 aliphatic heterocycles. The lowest BCUT2D eigenvalue weighted by Gasteiger charge is -2.31. The summed E-state index contributed by atoms with van der Waals surface area (Å²) in [5.41, 5.74) is 1.86. The first-order valence-corrected chi connectivity index (χ1v) is 9.95. The van der Waals surface area contributed by atoms with Crippen molar-refractivity contribution in [3.8, 4) is 11.5 Å². The minimum Gasteiger partial charge on any atom is -0.444 e. The maximum absolute atomic E-state index is 11.5. The van der Waals surface area contributed by atoms with Gasteiger partial charge in [0.2, 0.25) is 5.89 Å². The van der Waals surface area contributed by atoms with Crippen molar-refractivity contribution in [2.45, 2.75) is 19.4 Å². The molecule has 0 N–H and O–H groups in total. The van der Waals surface area contributed by atoms with Gasteiger partial charge in [-0.1, -0.05) is 18.2 Å². The summed E-state index contributed by atoms with van der Waals surface area (Å²) in [5.74, 6) is 1.13. The highest BCUT2D eigenvalue weighted by Gasteiger charge is 2.23. The number of nitrogens with zero attached hydrogens (tertiary/aromatic N) is 2. The highest BCUT2D eigenvalue weighted by molar-refractivity contribution is 7.90. The Bertz CT molecular complexity index is 740. The molecule has 0 unspecified atom stereocenters. The van der Waals surface area contributed by atoms with E-state index >= 15 is 0 Å². The first-order chi connectivity index (χ1) is 11.0. The van der Waals surface area contributed by atoms with Crippen LogP contribution in [0.3, 0.4) is 0 Å². The molecule has 124 valence electrons. The van der Waals surface area contributed by atoms with Gasteiger partial charge in [-0.05, 0) is 37.4 Å². The van der Waals surface area contributed by atoms with E-state index in [2.05, 4.69) is 9.88 Å². The molecule has 1 fully saturated rings. The van der Waals surface area contributed by atoms with E-state index in [1.807, 2.05) is 30.3 Å². The van der Waals surface area contributed by atoms with E-state index in [0.29, 0.717) is 12.4 Å². The molecular formula is C17H22N2O3S. The number of aromatic nitrogens is 1. The van der Waals surface area contributed by atoms with E-state index in [0.717, 1.165) is 37.2 Å². The van der Waals surface area contributed by atoms with Crippen LogP contribution in [0.15, 0.2) is 41.0 Å². The molecule has 2 heterocycles. The van der Waals surface area contributed by atoms with Crippen molar-refractivity contribution in [3.05, 3.63) is 42.3 Å². The number of benzene rings is 1. The van der Waals surface area contributed by atoms with Crippen molar-refractivity contribution >= 4 is 9.84 Å². The van der Waals surface area contributed by atoms with Crippen LogP contribution in [-0.4, -0.2) is 43.4 Å². The fourth-order valence-electron chi connectivity index (χ4n) is 3.18. The van der Waals surface area contributed by atoms with Gasteiger partial charge in [-0.2, -0.15) is 0 Å². The Morgan fingerprint density at radius 1 is 1.30 bits per heavy atom. The largest absolute Gasteiger partial charge is 0.444 e. The van der Waals surface area contributed by atoms with Gasteiger partial charge in [-0.15, -0.1) is 0 Å². The number of piperidine rings is 1. The lowest BCUT2D eigenvalue weighted by Crippen LogP contribution is -2.37. The topological polar surface area (TPSA) is 63.4 Å². The first-order valence-electron chi connectivity index (χ1n) is 7.89. The van der Waals surface area contributed by atoms with Crippen molar-refractivity contribution < 1.29 is 12.8 Å². The molecule has 0 radical (unpaired) electrons. The molecule has 3 rings (SSSR count). The molecule has 1 atom stereocenters. The predicted octanol–water partition coefficient (Wildman–Crippen LogP) is 2.60. The fraction of sp³-hybridized carbons (Fsp3) is 0.471. The highest BCUT2D eigenvalue weighted by atomic mass is 32.2. The zero-order valence-corrected chi connectivity index (χ0v) is 14.1. The summed E-state index contributed by atoms with van der Waals surface area (Å²) in [4.78, 5) is 6.82. The van der Waals surface area contributed by atoms with Crippen LogP contribution in [0.5, 0.6) is 0 Å². The Kier molecular flexibility index (Phi) is 4.82. The van der Waals surface area contributed by atoms with E-state index in [1.165, 1.54) is 6.26 Å². The van der Waals surface area contributed by atoms with Gasteiger partial charge in [0.05, 0.1) is 11.4 Å². The Hall–Kier alpha value is -1.66. The third-order valence-corrected chi connectivity index (χ3v) is 5.18. The maximum atomic E-state index is 11.5. The van der Waals surface area contributed by atoms with Gasteiger partial charge in [0.1, 0.15) is 16.1 Å². The Morgan fingerprint density at radius 2 is 2.09 bits per heavy atom. The lowest BCUT2D eigenvalue weighted by atomic mass is 10.00. The Morgan fingerprint density at radius 3 is 2.83 bits per heavy atom. The van der Waals surface area contributed by atoms with E-state index < -0.39 is 9.84 Å². The maximum Gasteiger partial charge on any atom is 0.226 e. The molecule has 5 nitrogen and oxygen atoms in total. The molecule has 0 amide bonds. The van der Waals surface area contributed by atoms with Crippen molar-refractivity contribution in [2.24, 2.45) is 5.92 Å². The van der Waals surface area contributed by atoms with Crippen molar-refractivity contribution in [2.75, 3.05) is 25.1 Å². The lowest BCUT2D eigenvalue weighted by molar-refractivity contribution is 0.176. The van der Waals surface area contributed by atoms with E-state index in [-0.39, 0.29) is 11.7 Å². The van der Waals surface area contributed by atoms with Crippen LogP contribution in [-0.2, 0) is 16.4 Å². The van der Waals surface area contributed by atoms with Crippen LogP contribution in [0.2, 0.25) is 0 Å². The first kappa shape index (κ1) is 16.2. The van der Waals surface area contributed by atoms with E-state index in [4.69, 9.17) is 4.42 Å². The van der Waals surface area contributed by atoms with Gasteiger partial charge < -0.3 is 4.42 Å². The zero-order valence-electron chi connectivity index (χ0n) is 13.3. The molecule has 1 aliphatic rings. The van der Waals surface area contributed by atoms with E-state index in [1.54, 1.807) is 6.26 Å². The average molecular weight is 334 g/mol. The van der Waals surface area contributed by atoms with Crippen molar-refractivity contribution in [1.82, 2.24) is 9.88 Å². The molecule has 0 bridgehead atoms. The average Bonchev–Trinajstić information content (AvgIpc) is 2.95. The molecule has 0 spiro atoms. The van der Waals surface area contributed by atoms with Gasteiger partial charge in [-0.3, -0.25) is 4.90 Å². The quantitative estimate of drug-likeness (QED) is 0.841. The minimum absolute atomic E-state index is 0.222. The molecule has 1 aromatic heterocycles. The van der Waals surface area contributed by atoms with Gasteiger partial charge in [0, 0.05) is 24.9 Å². The minimum atomic E-state index is -2.91. The van der Waals surface area contributed by atoms with Crippen LogP contribution >= 0.6 is 0 Å². The van der Waals surface area contributed by atoms with Crippen LogP contribution in [0.25, 0.3) is 11.5 Å². The molecule has 0 saturated carbocycles. The SMILES string of the molecule is CS(=O)(=O)C[C@@H]1CCCN(Cc2coc(-c3ccccc3)n2)C1. The molecule has 0 aliphatic carbocycles. The summed E-state index contributed by atoms with van der Waals surface area (Å²) < 4.78 is 28.5. The highest BCUT2D eigenvalue weighted by Crippen LogP contribution is 2.22. The summed E-state index contributed by atoms with van der Waals surface area (Å²) in [6, 6.07) is 9.82. The van der Waals surface area contributed by atoms with Crippen molar-refractivity contribution in [1.29, 1.82) is 0 Å². The monoisotopic (exact) mass is 334 g/mol. The van der Waals surface area contributed by atoms with Gasteiger partial charge in [0.15, 0.2) is 0 Å². The number of hydrogen-bond acceptors (Lipinski definition) is 5.